The first-order valence-corrected chi connectivity index (χ1v) is 14.6. The van der Waals surface area contributed by atoms with Crippen LogP contribution in [0.25, 0.3) is 0 Å². The van der Waals surface area contributed by atoms with Crippen LogP contribution >= 0.6 is 0 Å². The van der Waals surface area contributed by atoms with Crippen molar-refractivity contribution in [1.82, 2.24) is 10.2 Å². The summed E-state index contributed by atoms with van der Waals surface area (Å²) in [6.45, 7) is 11.8. The Morgan fingerprint density at radius 3 is 2.07 bits per heavy atom. The maximum absolute atomic E-state index is 13.9. The van der Waals surface area contributed by atoms with Crippen LogP contribution < -0.4 is 5.32 Å². The van der Waals surface area contributed by atoms with Crippen LogP contribution in [0.1, 0.15) is 85.2 Å². The summed E-state index contributed by atoms with van der Waals surface area (Å²) in [5.74, 6) is -1.86. The molecule has 0 saturated heterocycles. The normalized spacial score (nSPS) is 13.6. The molecule has 0 radical (unpaired) electrons. The van der Waals surface area contributed by atoms with Crippen molar-refractivity contribution in [1.29, 1.82) is 0 Å². The summed E-state index contributed by atoms with van der Waals surface area (Å²) in [5, 5.41) is 24.5. The third-order valence-electron chi connectivity index (χ3n) is 6.76. The highest BCUT2D eigenvalue weighted by Crippen LogP contribution is 2.17. The van der Waals surface area contributed by atoms with Crippen LogP contribution in [0, 0.1) is 24.5 Å². The summed E-state index contributed by atoms with van der Waals surface area (Å²) in [5.41, 5.74) is 1.49. The number of nitrogens with zero attached hydrogens (tertiary/aromatic N) is 1. The minimum Gasteiger partial charge on any atom is -0.390 e. The summed E-state index contributed by atoms with van der Waals surface area (Å²) in [6.07, 6.45) is -0.272. The maximum atomic E-state index is 13.9. The molecule has 0 aromatic heterocycles. The molecule has 0 bridgehead atoms. The standard InChI is InChI=1S/C32H46F2N2O5/c1-6-10-36(11-7-2)32(40)25-15-22(5)14-24(19-25)31(39)35-28(18-23-16-26(33)20-27(34)17-23)30(38)29(37)9-13-41-12-8-21(3)4/h14-17,19-21,28-30,37-38H,6-13,18H2,1-5H3,(H,35,39)/t28-,29?,30+/m0/s1. The number of carbonyl (C=O) groups excluding carboxylic acids is 2. The Morgan fingerprint density at radius 1 is 0.902 bits per heavy atom. The van der Waals surface area contributed by atoms with Crippen LogP contribution in [0.4, 0.5) is 8.78 Å². The van der Waals surface area contributed by atoms with Crippen LogP contribution in [0.5, 0.6) is 0 Å². The number of carbonyl (C=O) groups is 2. The number of benzene rings is 2. The monoisotopic (exact) mass is 576 g/mol. The number of halogens is 2. The smallest absolute Gasteiger partial charge is 0.253 e. The van der Waals surface area contributed by atoms with Gasteiger partial charge in [0.2, 0.25) is 0 Å². The van der Waals surface area contributed by atoms with E-state index in [4.69, 9.17) is 4.74 Å². The Kier molecular flexibility index (Phi) is 14.4. The second kappa shape index (κ2) is 17.2. The summed E-state index contributed by atoms with van der Waals surface area (Å²) in [7, 11) is 0. The molecule has 0 saturated carbocycles. The lowest BCUT2D eigenvalue weighted by atomic mass is 9.95. The Hall–Kier alpha value is -2.88. The lowest BCUT2D eigenvalue weighted by Crippen LogP contribution is -2.50. The minimum absolute atomic E-state index is 0.108. The molecule has 0 aliphatic heterocycles. The van der Waals surface area contributed by atoms with Crippen molar-refractivity contribution in [3.8, 4) is 0 Å². The van der Waals surface area contributed by atoms with Gasteiger partial charge in [0.25, 0.3) is 11.8 Å². The summed E-state index contributed by atoms with van der Waals surface area (Å²) in [4.78, 5) is 28.4. The highest BCUT2D eigenvalue weighted by atomic mass is 19.1. The lowest BCUT2D eigenvalue weighted by Gasteiger charge is -2.28. The fourth-order valence-corrected chi connectivity index (χ4v) is 4.63. The number of aryl methyl sites for hydroxylation is 1. The van der Waals surface area contributed by atoms with E-state index in [0.29, 0.717) is 36.7 Å². The first kappa shape index (κ1) is 34.3. The van der Waals surface area contributed by atoms with Gasteiger partial charge >= 0.3 is 0 Å². The highest BCUT2D eigenvalue weighted by molar-refractivity contribution is 6.00. The van der Waals surface area contributed by atoms with E-state index in [9.17, 15) is 28.6 Å². The van der Waals surface area contributed by atoms with Crippen molar-refractivity contribution in [2.75, 3.05) is 26.3 Å². The van der Waals surface area contributed by atoms with E-state index in [1.54, 1.807) is 24.0 Å². The molecule has 2 amide bonds. The number of hydrogen-bond donors (Lipinski definition) is 3. The lowest BCUT2D eigenvalue weighted by molar-refractivity contribution is -0.0223. The van der Waals surface area contributed by atoms with Crippen LogP contribution in [0.15, 0.2) is 36.4 Å². The second-order valence-corrected chi connectivity index (χ2v) is 11.1. The van der Waals surface area contributed by atoms with E-state index in [0.717, 1.165) is 37.5 Å². The second-order valence-electron chi connectivity index (χ2n) is 11.1. The summed E-state index contributed by atoms with van der Waals surface area (Å²) in [6, 6.07) is 6.76. The Labute approximate surface area is 242 Å². The van der Waals surface area contributed by atoms with E-state index in [1.807, 2.05) is 13.8 Å². The van der Waals surface area contributed by atoms with Gasteiger partial charge in [-0.3, -0.25) is 9.59 Å². The van der Waals surface area contributed by atoms with Gasteiger partial charge in [0.15, 0.2) is 0 Å². The zero-order chi connectivity index (χ0) is 30.5. The van der Waals surface area contributed by atoms with Gasteiger partial charge in [-0.15, -0.1) is 0 Å². The number of ether oxygens (including phenoxy) is 1. The highest BCUT2D eigenvalue weighted by Gasteiger charge is 2.29. The molecule has 2 rings (SSSR count). The third kappa shape index (κ3) is 11.5. The van der Waals surface area contributed by atoms with Gasteiger partial charge in [-0.1, -0.05) is 27.7 Å². The van der Waals surface area contributed by atoms with Crippen molar-refractivity contribution in [3.63, 3.8) is 0 Å². The van der Waals surface area contributed by atoms with Crippen LogP contribution in [-0.2, 0) is 11.2 Å². The zero-order valence-electron chi connectivity index (χ0n) is 25.0. The van der Waals surface area contributed by atoms with Crippen molar-refractivity contribution in [2.24, 2.45) is 5.92 Å². The molecule has 0 aliphatic carbocycles. The van der Waals surface area contributed by atoms with Gasteiger partial charge in [0.1, 0.15) is 17.7 Å². The van der Waals surface area contributed by atoms with Crippen molar-refractivity contribution >= 4 is 11.8 Å². The van der Waals surface area contributed by atoms with Crippen LogP contribution in [-0.4, -0.2) is 71.5 Å². The van der Waals surface area contributed by atoms with Crippen molar-refractivity contribution < 1.29 is 33.3 Å². The molecular formula is C32H46F2N2O5. The molecule has 0 spiro atoms. The zero-order valence-corrected chi connectivity index (χ0v) is 25.0. The van der Waals surface area contributed by atoms with Crippen LogP contribution in [0.2, 0.25) is 0 Å². The Morgan fingerprint density at radius 2 is 1.49 bits per heavy atom. The van der Waals surface area contributed by atoms with Gasteiger partial charge in [-0.25, -0.2) is 8.78 Å². The van der Waals surface area contributed by atoms with Crippen molar-refractivity contribution in [3.05, 3.63) is 70.3 Å². The molecule has 0 aliphatic rings. The molecule has 1 unspecified atom stereocenters. The largest absolute Gasteiger partial charge is 0.390 e. The van der Waals surface area contributed by atoms with Crippen LogP contribution in [0.3, 0.4) is 0 Å². The molecule has 0 heterocycles. The molecule has 2 aromatic carbocycles. The Balaban J connectivity index is 2.27. The molecule has 0 fully saturated rings. The Bertz CT molecular complexity index is 1100. The molecule has 3 atom stereocenters. The van der Waals surface area contributed by atoms with Gasteiger partial charge in [-0.05, 0) is 86.4 Å². The number of rotatable bonds is 17. The van der Waals surface area contributed by atoms with Gasteiger partial charge < -0.3 is 25.2 Å². The number of amides is 2. The molecule has 3 N–H and O–H groups in total. The van der Waals surface area contributed by atoms with E-state index in [-0.39, 0.29) is 36.5 Å². The third-order valence-corrected chi connectivity index (χ3v) is 6.76. The first-order chi connectivity index (χ1) is 19.4. The minimum atomic E-state index is -1.45. The van der Waals surface area contributed by atoms with E-state index < -0.39 is 35.8 Å². The van der Waals surface area contributed by atoms with E-state index in [2.05, 4.69) is 19.2 Å². The summed E-state index contributed by atoms with van der Waals surface area (Å²) >= 11 is 0. The molecule has 2 aromatic rings. The number of aliphatic hydroxyl groups excluding tert-OH is 2. The average molecular weight is 577 g/mol. The molecule has 7 nitrogen and oxygen atoms in total. The van der Waals surface area contributed by atoms with E-state index in [1.165, 1.54) is 6.07 Å². The van der Waals surface area contributed by atoms with E-state index >= 15 is 0 Å². The fourth-order valence-electron chi connectivity index (χ4n) is 4.63. The SMILES string of the molecule is CCCN(CCC)C(=O)c1cc(C)cc(C(=O)N[C@@H](Cc2cc(F)cc(F)c2)[C@@H](O)C(O)CCOCCC(C)C)c1. The van der Waals surface area contributed by atoms with Crippen molar-refractivity contribution in [2.45, 2.75) is 85.0 Å². The summed E-state index contributed by atoms with van der Waals surface area (Å²) < 4.78 is 33.4. The predicted octanol–water partition coefficient (Wildman–Crippen LogP) is 5.05. The number of hydrogen-bond acceptors (Lipinski definition) is 5. The number of nitrogens with one attached hydrogen (secondary N) is 1. The molecule has 9 heteroatoms. The predicted molar refractivity (Wildman–Crippen MR) is 156 cm³/mol. The van der Waals surface area contributed by atoms with Gasteiger partial charge in [0, 0.05) is 43.5 Å². The maximum Gasteiger partial charge on any atom is 0.253 e. The molecule has 228 valence electrons. The quantitative estimate of drug-likeness (QED) is 0.229. The van der Waals surface area contributed by atoms with Gasteiger partial charge in [-0.2, -0.15) is 0 Å². The average Bonchev–Trinajstić information content (AvgIpc) is 2.90. The number of aliphatic hydroxyl groups is 2. The molecular weight excluding hydrogens is 530 g/mol. The fraction of sp³-hybridized carbons (Fsp3) is 0.562. The first-order valence-electron chi connectivity index (χ1n) is 14.6. The van der Waals surface area contributed by atoms with Gasteiger partial charge in [0.05, 0.1) is 12.1 Å². The molecule has 41 heavy (non-hydrogen) atoms. The topological polar surface area (TPSA) is 99.1 Å².